The Balaban J connectivity index is 1.84. The summed E-state index contributed by atoms with van der Waals surface area (Å²) in [6.45, 7) is 1.20. The van der Waals surface area contributed by atoms with Gasteiger partial charge in [0.2, 0.25) is 0 Å². The van der Waals surface area contributed by atoms with Crippen LogP contribution >= 0.6 is 0 Å². The molecule has 0 bridgehead atoms. The fraction of sp³-hybridized carbons (Fsp3) is 0.143. The molecule has 2 aromatic carbocycles. The highest BCUT2D eigenvalue weighted by atomic mass is 16.5. The molecule has 6 heteroatoms. The van der Waals surface area contributed by atoms with E-state index >= 15 is 0 Å². The van der Waals surface area contributed by atoms with E-state index in [1.807, 2.05) is 53.2 Å². The molecule has 4 aromatic rings. The maximum Gasteiger partial charge on any atom is 0.150 e. The van der Waals surface area contributed by atoms with Crippen molar-refractivity contribution in [3.05, 3.63) is 67.1 Å². The molecule has 0 aliphatic carbocycles. The third-order valence-electron chi connectivity index (χ3n) is 4.41. The number of anilines is 1. The first-order valence-electron chi connectivity index (χ1n) is 8.88. The van der Waals surface area contributed by atoms with Crippen LogP contribution in [0.1, 0.15) is 6.42 Å². The second-order valence-electron chi connectivity index (χ2n) is 6.22. The maximum atomic E-state index is 6.20. The largest absolute Gasteiger partial charge is 0.493 e. The molecule has 2 heterocycles. The summed E-state index contributed by atoms with van der Waals surface area (Å²) in [5.74, 6) is 1.26. The molecular weight excluding hydrogens is 338 g/mol. The van der Waals surface area contributed by atoms with Gasteiger partial charge in [0.25, 0.3) is 0 Å². The molecule has 136 valence electrons. The molecule has 0 saturated carbocycles. The zero-order valence-corrected chi connectivity index (χ0v) is 14.9. The van der Waals surface area contributed by atoms with Crippen molar-refractivity contribution < 1.29 is 4.74 Å². The van der Waals surface area contributed by atoms with E-state index in [0.29, 0.717) is 19.0 Å². The van der Waals surface area contributed by atoms with E-state index in [9.17, 15) is 0 Å². The molecule has 0 saturated heterocycles. The fourth-order valence-electron chi connectivity index (χ4n) is 3.12. The zero-order valence-electron chi connectivity index (χ0n) is 14.9. The number of nitrogens with zero attached hydrogens (tertiary/aromatic N) is 3. The molecule has 0 radical (unpaired) electrons. The lowest BCUT2D eigenvalue weighted by Gasteiger charge is -2.09. The van der Waals surface area contributed by atoms with Gasteiger partial charge in [-0.25, -0.2) is 9.97 Å². The van der Waals surface area contributed by atoms with Gasteiger partial charge in [-0.3, -0.25) is 0 Å². The molecule has 0 amide bonds. The van der Waals surface area contributed by atoms with Gasteiger partial charge in [0.15, 0.2) is 5.65 Å². The van der Waals surface area contributed by atoms with Gasteiger partial charge >= 0.3 is 0 Å². The van der Waals surface area contributed by atoms with E-state index in [1.165, 1.54) is 6.33 Å². The Morgan fingerprint density at radius 2 is 1.85 bits per heavy atom. The van der Waals surface area contributed by atoms with Crippen molar-refractivity contribution in [3.8, 4) is 22.6 Å². The van der Waals surface area contributed by atoms with Crippen LogP contribution in [-0.2, 0) is 0 Å². The normalized spacial score (nSPS) is 11.0. The average molecular weight is 359 g/mol. The zero-order chi connectivity index (χ0) is 18.6. The number of aromatic nitrogens is 3. The Morgan fingerprint density at radius 3 is 2.67 bits per heavy atom. The highest BCUT2D eigenvalue weighted by molar-refractivity contribution is 6.01. The molecule has 0 fully saturated rings. The van der Waals surface area contributed by atoms with Crippen LogP contribution in [-0.4, -0.2) is 27.7 Å². The number of benzene rings is 2. The Morgan fingerprint density at radius 1 is 1.00 bits per heavy atom. The summed E-state index contributed by atoms with van der Waals surface area (Å²) in [7, 11) is 0. The minimum absolute atomic E-state index is 0.466. The van der Waals surface area contributed by atoms with Crippen LogP contribution in [0.5, 0.6) is 5.75 Å². The average Bonchev–Trinajstić information content (AvgIpc) is 3.10. The highest BCUT2D eigenvalue weighted by Gasteiger charge is 2.16. The molecule has 0 aliphatic rings. The van der Waals surface area contributed by atoms with Crippen molar-refractivity contribution in [3.63, 3.8) is 0 Å². The second kappa shape index (κ2) is 7.47. The van der Waals surface area contributed by atoms with Crippen molar-refractivity contribution in [2.45, 2.75) is 6.42 Å². The summed E-state index contributed by atoms with van der Waals surface area (Å²) in [5.41, 5.74) is 15.5. The summed E-state index contributed by atoms with van der Waals surface area (Å²) < 4.78 is 7.80. The fourth-order valence-corrected chi connectivity index (χ4v) is 3.12. The van der Waals surface area contributed by atoms with Crippen LogP contribution in [0, 0.1) is 0 Å². The van der Waals surface area contributed by atoms with Gasteiger partial charge in [-0.2, -0.15) is 0 Å². The molecule has 0 unspecified atom stereocenters. The van der Waals surface area contributed by atoms with Gasteiger partial charge in [-0.15, -0.1) is 0 Å². The van der Waals surface area contributed by atoms with E-state index in [4.69, 9.17) is 16.2 Å². The van der Waals surface area contributed by atoms with Crippen LogP contribution in [0.3, 0.4) is 0 Å². The van der Waals surface area contributed by atoms with Crippen LogP contribution < -0.4 is 16.2 Å². The van der Waals surface area contributed by atoms with E-state index in [0.717, 1.165) is 40.0 Å². The SMILES string of the molecule is NCCCOc1cccc(-n2cc(-c3ccccc3)c3c(N)ncnc32)c1. The van der Waals surface area contributed by atoms with Crippen LogP contribution in [0.25, 0.3) is 27.8 Å². The molecule has 0 aliphatic heterocycles. The third-order valence-corrected chi connectivity index (χ3v) is 4.41. The molecule has 0 atom stereocenters. The summed E-state index contributed by atoms with van der Waals surface area (Å²) in [6.07, 6.45) is 4.35. The standard InChI is InChI=1S/C21H21N5O/c22-10-5-11-27-17-9-4-8-16(12-17)26-13-18(15-6-2-1-3-7-15)19-20(23)24-14-25-21(19)26/h1-4,6-9,12-14H,5,10-11,22H2,(H2,23,24,25). The Hall–Kier alpha value is -3.38. The summed E-state index contributed by atoms with van der Waals surface area (Å²) in [4.78, 5) is 8.67. The van der Waals surface area contributed by atoms with Gasteiger partial charge in [-0.1, -0.05) is 36.4 Å². The number of ether oxygens (including phenoxy) is 1. The number of rotatable bonds is 6. The maximum absolute atomic E-state index is 6.20. The summed E-state index contributed by atoms with van der Waals surface area (Å²) in [5, 5.41) is 0.846. The topological polar surface area (TPSA) is 92.0 Å². The van der Waals surface area contributed by atoms with Crippen molar-refractivity contribution >= 4 is 16.9 Å². The van der Waals surface area contributed by atoms with Crippen LogP contribution in [0.4, 0.5) is 5.82 Å². The lowest BCUT2D eigenvalue weighted by atomic mass is 10.1. The minimum atomic E-state index is 0.466. The molecular formula is C21H21N5O. The molecule has 6 nitrogen and oxygen atoms in total. The van der Waals surface area contributed by atoms with Crippen molar-refractivity contribution in [2.75, 3.05) is 18.9 Å². The van der Waals surface area contributed by atoms with Crippen molar-refractivity contribution in [1.29, 1.82) is 0 Å². The lowest BCUT2D eigenvalue weighted by Crippen LogP contribution is -2.06. The van der Waals surface area contributed by atoms with Gasteiger partial charge < -0.3 is 20.8 Å². The first-order chi connectivity index (χ1) is 13.3. The monoisotopic (exact) mass is 359 g/mol. The highest BCUT2D eigenvalue weighted by Crippen LogP contribution is 2.34. The Labute approximate surface area is 157 Å². The number of hydrogen-bond acceptors (Lipinski definition) is 5. The van der Waals surface area contributed by atoms with Gasteiger partial charge in [0.1, 0.15) is 17.9 Å². The van der Waals surface area contributed by atoms with Gasteiger partial charge in [0, 0.05) is 17.8 Å². The molecule has 2 aromatic heterocycles. The van der Waals surface area contributed by atoms with E-state index in [-0.39, 0.29) is 0 Å². The van der Waals surface area contributed by atoms with E-state index in [1.54, 1.807) is 0 Å². The smallest absolute Gasteiger partial charge is 0.150 e. The van der Waals surface area contributed by atoms with E-state index in [2.05, 4.69) is 22.1 Å². The summed E-state index contributed by atoms with van der Waals surface area (Å²) in [6, 6.07) is 18.0. The van der Waals surface area contributed by atoms with E-state index < -0.39 is 0 Å². The molecule has 27 heavy (non-hydrogen) atoms. The second-order valence-corrected chi connectivity index (χ2v) is 6.22. The quantitative estimate of drug-likeness (QED) is 0.515. The Bertz CT molecular complexity index is 1060. The van der Waals surface area contributed by atoms with Crippen LogP contribution in [0.15, 0.2) is 67.1 Å². The third kappa shape index (κ3) is 3.35. The number of fused-ring (bicyclic) bond motifs is 1. The Kier molecular flexibility index (Phi) is 4.72. The van der Waals surface area contributed by atoms with Gasteiger partial charge in [0.05, 0.1) is 17.7 Å². The molecule has 0 spiro atoms. The lowest BCUT2D eigenvalue weighted by molar-refractivity contribution is 0.313. The van der Waals surface area contributed by atoms with Crippen molar-refractivity contribution in [1.82, 2.24) is 14.5 Å². The predicted octanol–water partition coefficient (Wildman–Crippen LogP) is 3.40. The van der Waals surface area contributed by atoms with Gasteiger partial charge in [-0.05, 0) is 30.7 Å². The first kappa shape index (κ1) is 17.1. The number of hydrogen-bond donors (Lipinski definition) is 2. The van der Waals surface area contributed by atoms with Crippen LogP contribution in [0.2, 0.25) is 0 Å². The number of nitrogen functional groups attached to an aromatic ring is 1. The molecule has 4 N–H and O–H groups in total. The minimum Gasteiger partial charge on any atom is -0.493 e. The first-order valence-corrected chi connectivity index (χ1v) is 8.88. The summed E-state index contributed by atoms with van der Waals surface area (Å²) >= 11 is 0. The number of nitrogens with two attached hydrogens (primary N) is 2. The van der Waals surface area contributed by atoms with Crippen molar-refractivity contribution in [2.24, 2.45) is 5.73 Å². The predicted molar refractivity (Wildman–Crippen MR) is 108 cm³/mol. The molecule has 4 rings (SSSR count).